The third-order valence-corrected chi connectivity index (χ3v) is 16.0. The monoisotopic (exact) mass is 965 g/mol. The molecular weight excluding hydrogens is 907 g/mol. The van der Waals surface area contributed by atoms with Gasteiger partial charge in [0.15, 0.2) is 5.82 Å². The van der Waals surface area contributed by atoms with Gasteiger partial charge in [0, 0.05) is 46.9 Å². The number of amides is 3. The summed E-state index contributed by atoms with van der Waals surface area (Å²) in [5.74, 6) is 0.172. The summed E-state index contributed by atoms with van der Waals surface area (Å²) in [6.07, 6.45) is 2.08. The summed E-state index contributed by atoms with van der Waals surface area (Å²) in [7, 11) is 1.38. The Morgan fingerprint density at radius 2 is 1.64 bits per heavy atom. The van der Waals surface area contributed by atoms with Crippen molar-refractivity contribution in [2.45, 2.75) is 112 Å². The molecule has 2 N–H and O–H groups in total. The normalized spacial score (nSPS) is 17.5. The number of carbonyl (C=O) groups excluding carboxylic acids is 4. The fourth-order valence-corrected chi connectivity index (χ4v) is 11.8. The minimum Gasteiger partial charge on any atom is -0.469 e. The molecule has 1 saturated heterocycles. The summed E-state index contributed by atoms with van der Waals surface area (Å²) in [6.45, 7) is 17.7. The van der Waals surface area contributed by atoms with E-state index in [1.165, 1.54) is 17.6 Å². The molecular formula is C53H59N9O5S2. The van der Waals surface area contributed by atoms with Crippen molar-refractivity contribution in [3.8, 4) is 15.4 Å². The van der Waals surface area contributed by atoms with E-state index in [2.05, 4.69) is 81.0 Å². The first-order valence-electron chi connectivity index (χ1n) is 23.6. The molecule has 0 aliphatic carbocycles. The van der Waals surface area contributed by atoms with Crippen molar-refractivity contribution in [3.63, 3.8) is 0 Å². The van der Waals surface area contributed by atoms with Crippen LogP contribution in [0.3, 0.4) is 0 Å². The Bertz CT molecular complexity index is 2980. The Labute approximate surface area is 411 Å². The number of fused-ring (bicyclic) bond motifs is 4. The number of hydrogen-bond donors (Lipinski definition) is 2. The summed E-state index contributed by atoms with van der Waals surface area (Å²) in [5.41, 5.74) is 11.8. The Balaban J connectivity index is 0.885. The molecule has 9 rings (SSSR count). The van der Waals surface area contributed by atoms with Gasteiger partial charge in [-0.25, -0.2) is 4.98 Å². The van der Waals surface area contributed by atoms with E-state index in [0.29, 0.717) is 37.3 Å². The minimum atomic E-state index is -0.863. The molecule has 4 atom stereocenters. The predicted octanol–water partition coefficient (Wildman–Crippen LogP) is 8.72. The second-order valence-corrected chi connectivity index (χ2v) is 21.5. The third kappa shape index (κ3) is 9.36. The number of thiazole rings is 1. The number of methoxy groups -OCH3 is 1. The molecule has 3 aliphatic rings. The summed E-state index contributed by atoms with van der Waals surface area (Å²) < 4.78 is 7.09. The smallest absolute Gasteiger partial charge is 0.308 e. The zero-order valence-electron chi connectivity index (χ0n) is 40.7. The number of carbonyl (C=O) groups is 4. The van der Waals surface area contributed by atoms with Crippen LogP contribution < -0.4 is 15.5 Å². The maximum Gasteiger partial charge on any atom is 0.308 e. The van der Waals surface area contributed by atoms with E-state index < -0.39 is 23.5 Å². The maximum absolute atomic E-state index is 14.5. The lowest BCUT2D eigenvalue weighted by atomic mass is 9.85. The van der Waals surface area contributed by atoms with E-state index in [4.69, 9.17) is 9.73 Å². The van der Waals surface area contributed by atoms with E-state index in [9.17, 15) is 19.2 Å². The van der Waals surface area contributed by atoms with Crippen LogP contribution in [-0.2, 0) is 32.1 Å². The largest absolute Gasteiger partial charge is 0.469 e. The Hall–Kier alpha value is -6.52. The molecule has 0 bridgehead atoms. The van der Waals surface area contributed by atoms with Crippen LogP contribution >= 0.6 is 22.7 Å². The molecule has 3 aromatic carbocycles. The molecule has 14 nitrogen and oxygen atoms in total. The third-order valence-electron chi connectivity index (χ3n) is 13.8. The zero-order chi connectivity index (χ0) is 48.9. The summed E-state index contributed by atoms with van der Waals surface area (Å²) >= 11 is 3.27. The number of hydrogen-bond acceptors (Lipinski definition) is 12. The molecule has 3 amide bonds. The summed E-state index contributed by atoms with van der Waals surface area (Å²) in [5, 5.41) is 16.1. The van der Waals surface area contributed by atoms with Crippen molar-refractivity contribution in [2.75, 3.05) is 25.1 Å². The minimum absolute atomic E-state index is 0.0345. The van der Waals surface area contributed by atoms with Gasteiger partial charge in [0.25, 0.3) is 5.91 Å². The number of aryl methyl sites for hydroxylation is 3. The van der Waals surface area contributed by atoms with Gasteiger partial charge in [-0.2, -0.15) is 0 Å². The van der Waals surface area contributed by atoms with E-state index >= 15 is 0 Å². The van der Waals surface area contributed by atoms with Crippen LogP contribution in [0.25, 0.3) is 15.4 Å². The maximum atomic E-state index is 14.5. The average molecular weight is 966 g/mol. The number of ether oxygens (including phenoxy) is 1. The number of benzene rings is 3. The lowest BCUT2D eigenvalue weighted by Crippen LogP contribution is -2.57. The Kier molecular flexibility index (Phi) is 13.2. The van der Waals surface area contributed by atoms with Crippen LogP contribution in [0.5, 0.6) is 0 Å². The summed E-state index contributed by atoms with van der Waals surface area (Å²) in [6, 6.07) is 20.0. The number of thiophene rings is 1. The van der Waals surface area contributed by atoms with Crippen LogP contribution in [0.4, 0.5) is 5.69 Å². The highest BCUT2D eigenvalue weighted by Gasteiger charge is 2.42. The fourth-order valence-electron chi connectivity index (χ4n) is 9.74. The van der Waals surface area contributed by atoms with Gasteiger partial charge in [-0.05, 0) is 111 Å². The van der Waals surface area contributed by atoms with Gasteiger partial charge in [-0.15, -0.1) is 32.9 Å². The quantitative estimate of drug-likeness (QED) is 0.121. The van der Waals surface area contributed by atoms with Gasteiger partial charge in [-0.3, -0.25) is 28.7 Å². The van der Waals surface area contributed by atoms with Crippen LogP contribution in [0.1, 0.15) is 125 Å². The van der Waals surface area contributed by atoms with Gasteiger partial charge in [0.1, 0.15) is 29.0 Å². The Morgan fingerprint density at radius 1 is 0.899 bits per heavy atom. The number of anilines is 1. The fraction of sp³-hybridized carbons (Fsp3) is 0.396. The number of likely N-dealkylation sites (tertiary alicyclic amines) is 1. The molecule has 358 valence electrons. The van der Waals surface area contributed by atoms with E-state index in [-0.39, 0.29) is 36.2 Å². The number of esters is 1. The molecule has 0 radical (unpaired) electrons. The van der Waals surface area contributed by atoms with E-state index in [1.54, 1.807) is 27.6 Å². The zero-order valence-corrected chi connectivity index (χ0v) is 42.3. The van der Waals surface area contributed by atoms with Gasteiger partial charge >= 0.3 is 5.97 Å². The van der Waals surface area contributed by atoms with Crippen LogP contribution in [0.2, 0.25) is 0 Å². The highest BCUT2D eigenvalue weighted by atomic mass is 32.1. The summed E-state index contributed by atoms with van der Waals surface area (Å²) in [4.78, 5) is 71.0. The second-order valence-electron chi connectivity index (χ2n) is 19.5. The van der Waals surface area contributed by atoms with Crippen LogP contribution in [0, 0.1) is 33.1 Å². The molecule has 69 heavy (non-hydrogen) atoms. The molecule has 6 aromatic rings. The SMILES string of the molecule is COC(=O)C[C@@H]1N=C(c2ccc(N3CCc4ccc(C(=O)NC(C(=O)N5CCC[C@H]5C(=O)N[C@@H](C)c5ccc(-c6scnc6C)cc5)C(C)(C)C)cc4C3)cc2)c2c(sc(C)c2C)-n2c(C)nnc21. The van der Waals surface area contributed by atoms with E-state index in [0.717, 1.165) is 79.1 Å². The standard InChI is InChI=1S/C53H59N9O5S2/c1-29-32(4)69-52-44(29)45(56-41(26-43(63)67-9)48-59-58-33(5)62(48)52)36-18-20-40(21-19-36)60-24-22-35-14-17-38(25-39(35)27-60)49(64)57-47(53(6,7)8)51(66)61-23-10-11-42(61)50(65)55-30(2)34-12-15-37(16-13-34)46-31(3)54-28-68-46/h12-21,25,28,30,41-42,47H,10-11,22-24,26-27H2,1-9H3,(H,55,65)(H,57,64)/t30-,41-,42-,47?/m0/s1. The molecule has 3 aliphatic heterocycles. The van der Waals surface area contributed by atoms with Crippen molar-refractivity contribution >= 4 is 57.8 Å². The number of rotatable bonds is 11. The van der Waals surface area contributed by atoms with Crippen molar-refractivity contribution in [3.05, 3.63) is 133 Å². The molecule has 6 heterocycles. The molecule has 1 unspecified atom stereocenters. The molecule has 0 saturated carbocycles. The second kappa shape index (κ2) is 19.1. The van der Waals surface area contributed by atoms with Crippen LogP contribution in [0.15, 0.2) is 77.2 Å². The number of aliphatic imine (C=N–C) groups is 1. The molecule has 3 aromatic heterocycles. The molecule has 16 heteroatoms. The van der Waals surface area contributed by atoms with Gasteiger partial charge < -0.3 is 25.2 Å². The lowest BCUT2D eigenvalue weighted by molar-refractivity contribution is -0.142. The number of nitrogens with one attached hydrogen (secondary N) is 2. The topological polar surface area (TPSA) is 164 Å². The van der Waals surface area contributed by atoms with Gasteiger partial charge in [-0.1, -0.05) is 63.2 Å². The van der Waals surface area contributed by atoms with Crippen molar-refractivity contribution in [1.29, 1.82) is 0 Å². The Morgan fingerprint density at radius 3 is 2.33 bits per heavy atom. The van der Waals surface area contributed by atoms with Gasteiger partial charge in [0.05, 0.1) is 41.4 Å². The highest BCUT2D eigenvalue weighted by Crippen LogP contribution is 2.40. The van der Waals surface area contributed by atoms with Crippen LogP contribution in [-0.4, -0.2) is 86.3 Å². The first kappa shape index (κ1) is 47.5. The van der Waals surface area contributed by atoms with Crippen molar-refractivity contribution in [1.82, 2.24) is 35.3 Å². The molecule has 0 spiro atoms. The number of nitrogens with zero attached hydrogens (tertiary/aromatic N) is 7. The lowest BCUT2D eigenvalue weighted by Gasteiger charge is -2.36. The highest BCUT2D eigenvalue weighted by molar-refractivity contribution is 7.15. The average Bonchev–Trinajstić information content (AvgIpc) is 4.14. The first-order chi connectivity index (χ1) is 33.0. The van der Waals surface area contributed by atoms with Crippen molar-refractivity contribution < 1.29 is 23.9 Å². The number of aromatic nitrogens is 4. The van der Waals surface area contributed by atoms with Gasteiger partial charge in [0.2, 0.25) is 11.8 Å². The predicted molar refractivity (Wildman–Crippen MR) is 270 cm³/mol. The van der Waals surface area contributed by atoms with Crippen molar-refractivity contribution in [2.24, 2.45) is 10.4 Å². The first-order valence-corrected chi connectivity index (χ1v) is 25.3. The van der Waals surface area contributed by atoms with E-state index in [1.807, 2.05) is 82.0 Å². The molecule has 1 fully saturated rings.